The third kappa shape index (κ3) is 5.57. The van der Waals surface area contributed by atoms with Crippen LogP contribution < -0.4 is 11.1 Å². The summed E-state index contributed by atoms with van der Waals surface area (Å²) < 4.78 is 2.53. The van der Waals surface area contributed by atoms with Crippen molar-refractivity contribution in [3.63, 3.8) is 0 Å². The van der Waals surface area contributed by atoms with Gasteiger partial charge < -0.3 is 5.73 Å². The van der Waals surface area contributed by atoms with E-state index in [0.29, 0.717) is 5.84 Å². The first-order chi connectivity index (χ1) is 24.1. The van der Waals surface area contributed by atoms with Crippen LogP contribution in [0.4, 0.5) is 0 Å². The highest BCUT2D eigenvalue weighted by Crippen LogP contribution is 2.44. The molecule has 3 nitrogen and oxygen atoms in total. The number of allylic oxidation sites excluding steroid dienone is 8. The Kier molecular flexibility index (Phi) is 8.20. The highest BCUT2D eigenvalue weighted by Gasteiger charge is 2.37. The molecule has 8 rings (SSSR count). The van der Waals surface area contributed by atoms with Crippen molar-refractivity contribution in [2.45, 2.75) is 31.8 Å². The molecule has 3 N–H and O–H groups in total. The first kappa shape index (κ1) is 31.0. The number of rotatable bonds is 8. The van der Waals surface area contributed by atoms with Crippen molar-refractivity contribution in [3.8, 4) is 11.1 Å². The number of thiophene rings is 1. The predicted octanol–water partition coefficient (Wildman–Crippen LogP) is 10.7. The fourth-order valence-corrected chi connectivity index (χ4v) is 8.62. The van der Waals surface area contributed by atoms with Crippen molar-refractivity contribution in [1.29, 1.82) is 0 Å². The van der Waals surface area contributed by atoms with Gasteiger partial charge >= 0.3 is 0 Å². The number of amidine groups is 1. The highest BCUT2D eigenvalue weighted by molar-refractivity contribution is 7.25. The minimum atomic E-state index is -0.932. The average molecular weight is 654 g/mol. The van der Waals surface area contributed by atoms with Crippen LogP contribution in [-0.4, -0.2) is 12.9 Å². The molecule has 4 heteroatoms. The van der Waals surface area contributed by atoms with E-state index in [1.54, 1.807) is 0 Å². The van der Waals surface area contributed by atoms with Gasteiger partial charge in [-0.1, -0.05) is 115 Å². The van der Waals surface area contributed by atoms with Gasteiger partial charge in [0, 0.05) is 31.3 Å². The lowest BCUT2D eigenvalue weighted by molar-refractivity contribution is 0.458. The Hall–Kier alpha value is -5.29. The van der Waals surface area contributed by atoms with Gasteiger partial charge in [0.05, 0.1) is 0 Å². The molecule has 0 aliphatic heterocycles. The van der Waals surface area contributed by atoms with E-state index in [-0.39, 0.29) is 0 Å². The average Bonchev–Trinajstić information content (AvgIpc) is 3.72. The van der Waals surface area contributed by atoms with Crippen LogP contribution in [0.5, 0.6) is 0 Å². The number of nitrogens with one attached hydrogen (secondary N) is 1. The number of hydrogen-bond donors (Lipinski definition) is 2. The van der Waals surface area contributed by atoms with Crippen molar-refractivity contribution >= 4 is 42.9 Å². The highest BCUT2D eigenvalue weighted by atomic mass is 32.1. The minimum Gasteiger partial charge on any atom is -0.383 e. The summed E-state index contributed by atoms with van der Waals surface area (Å²) in [6.45, 7) is 2.04. The predicted molar refractivity (Wildman–Crippen MR) is 210 cm³/mol. The molecule has 0 bridgehead atoms. The molecular formula is C45H39N3S. The van der Waals surface area contributed by atoms with Gasteiger partial charge in [-0.25, -0.2) is 4.99 Å². The summed E-state index contributed by atoms with van der Waals surface area (Å²) in [5.41, 5.74) is 18.2. The van der Waals surface area contributed by atoms with E-state index in [1.165, 1.54) is 59.1 Å². The second-order valence-electron chi connectivity index (χ2n) is 12.8. The van der Waals surface area contributed by atoms with Gasteiger partial charge in [-0.15, -0.1) is 11.3 Å². The Balaban J connectivity index is 1.30. The SMILES string of the molecule is C/C=C\C=C/C1=CCCC(c2cccc(C(/N=C(\N)c3ccc4sc5ccccc5c4c3)(NC)c3cccc4c3Cc3ccccc3-4)c2)=C1. The molecule has 240 valence electrons. The van der Waals surface area contributed by atoms with Gasteiger partial charge in [0.25, 0.3) is 0 Å². The van der Waals surface area contributed by atoms with Crippen molar-refractivity contribution in [1.82, 2.24) is 5.32 Å². The van der Waals surface area contributed by atoms with Crippen LogP contribution in [0, 0.1) is 0 Å². The van der Waals surface area contributed by atoms with E-state index in [2.05, 4.69) is 151 Å². The van der Waals surface area contributed by atoms with Gasteiger partial charge in [0.1, 0.15) is 5.84 Å². The zero-order valence-electron chi connectivity index (χ0n) is 27.9. The van der Waals surface area contributed by atoms with Crippen LogP contribution in [0.2, 0.25) is 0 Å². The van der Waals surface area contributed by atoms with Crippen LogP contribution in [0.25, 0.3) is 36.9 Å². The maximum atomic E-state index is 7.10. The molecule has 1 unspecified atom stereocenters. The van der Waals surface area contributed by atoms with E-state index >= 15 is 0 Å². The largest absolute Gasteiger partial charge is 0.383 e. The molecule has 0 radical (unpaired) electrons. The third-order valence-corrected chi connectivity index (χ3v) is 11.1. The molecular weight excluding hydrogens is 615 g/mol. The van der Waals surface area contributed by atoms with Crippen LogP contribution in [0.3, 0.4) is 0 Å². The number of aliphatic imine (C=N–C) groups is 1. The van der Waals surface area contributed by atoms with Crippen LogP contribution in [-0.2, 0) is 12.1 Å². The molecule has 0 saturated heterocycles. The number of hydrogen-bond acceptors (Lipinski definition) is 3. The van der Waals surface area contributed by atoms with E-state index < -0.39 is 5.66 Å². The lowest BCUT2D eigenvalue weighted by atomic mass is 9.84. The van der Waals surface area contributed by atoms with Gasteiger partial charge in [-0.05, 0) is 108 Å². The van der Waals surface area contributed by atoms with Gasteiger partial charge in [-0.2, -0.15) is 0 Å². The Morgan fingerprint density at radius 1 is 0.837 bits per heavy atom. The van der Waals surface area contributed by atoms with E-state index in [1.807, 2.05) is 25.3 Å². The Morgan fingerprint density at radius 3 is 2.55 bits per heavy atom. The number of nitrogens with zero attached hydrogens (tertiary/aromatic N) is 1. The fourth-order valence-electron chi connectivity index (χ4n) is 7.53. The number of benzene rings is 5. The summed E-state index contributed by atoms with van der Waals surface area (Å²) in [6.07, 6.45) is 15.9. The zero-order valence-corrected chi connectivity index (χ0v) is 28.7. The lowest BCUT2D eigenvalue weighted by Crippen LogP contribution is -2.42. The maximum Gasteiger partial charge on any atom is 0.164 e. The summed E-state index contributed by atoms with van der Waals surface area (Å²) >= 11 is 1.81. The second kappa shape index (κ2) is 13.0. The first-order valence-corrected chi connectivity index (χ1v) is 17.9. The minimum absolute atomic E-state index is 0.501. The van der Waals surface area contributed by atoms with Gasteiger partial charge in [0.15, 0.2) is 5.66 Å². The molecule has 0 amide bonds. The molecule has 0 saturated carbocycles. The summed E-state index contributed by atoms with van der Waals surface area (Å²) in [5.74, 6) is 0.501. The molecule has 1 aromatic heterocycles. The van der Waals surface area contributed by atoms with Crippen molar-refractivity contribution in [2.24, 2.45) is 10.7 Å². The molecule has 0 fully saturated rings. The quantitative estimate of drug-likeness (QED) is 0.0974. The summed E-state index contributed by atoms with van der Waals surface area (Å²) in [7, 11) is 2.01. The van der Waals surface area contributed by atoms with Gasteiger partial charge in [-0.3, -0.25) is 5.32 Å². The molecule has 2 aliphatic carbocycles. The maximum absolute atomic E-state index is 7.10. The summed E-state index contributed by atoms with van der Waals surface area (Å²) in [4.78, 5) is 5.54. The summed E-state index contributed by atoms with van der Waals surface area (Å²) in [6, 6.07) is 39.3. The normalized spacial score (nSPS) is 15.8. The van der Waals surface area contributed by atoms with E-state index in [9.17, 15) is 0 Å². The van der Waals surface area contributed by atoms with Gasteiger partial charge in [0.2, 0.25) is 0 Å². The number of fused-ring (bicyclic) bond motifs is 6. The number of nitrogens with two attached hydrogens (primary N) is 1. The lowest BCUT2D eigenvalue weighted by Gasteiger charge is -2.34. The molecule has 49 heavy (non-hydrogen) atoms. The summed E-state index contributed by atoms with van der Waals surface area (Å²) in [5, 5.41) is 6.18. The topological polar surface area (TPSA) is 50.4 Å². The first-order valence-electron chi connectivity index (χ1n) is 17.1. The Labute approximate surface area is 292 Å². The molecule has 5 aromatic carbocycles. The molecule has 1 heterocycles. The standard InChI is InChI=1S/C45H39N3S/c1-3-4-5-13-30-14-10-16-31(26-30)32-17-11-18-35(27-32)45(47-2,41-22-12-21-37-36-19-7-6-15-33(36)28-39(37)41)48-44(46)34-24-25-43-40(29-34)38-20-8-9-23-42(38)49-43/h3-9,11-15,17-27,29,47H,10,16,28H2,1-2H3,(H2,46,48)/b4-3-,13-5-. The van der Waals surface area contributed by atoms with Crippen molar-refractivity contribution < 1.29 is 0 Å². The van der Waals surface area contributed by atoms with Crippen molar-refractivity contribution in [2.75, 3.05) is 7.05 Å². The van der Waals surface area contributed by atoms with Crippen molar-refractivity contribution in [3.05, 3.63) is 185 Å². The van der Waals surface area contributed by atoms with Crippen LogP contribution in [0.1, 0.15) is 53.1 Å². The molecule has 1 atom stereocenters. The van der Waals surface area contributed by atoms with Crippen LogP contribution >= 0.6 is 11.3 Å². The monoisotopic (exact) mass is 653 g/mol. The molecule has 6 aromatic rings. The second-order valence-corrected chi connectivity index (χ2v) is 13.9. The molecule has 2 aliphatic rings. The Morgan fingerprint density at radius 2 is 1.65 bits per heavy atom. The Bertz CT molecular complexity index is 2380. The van der Waals surface area contributed by atoms with E-state index in [4.69, 9.17) is 10.7 Å². The van der Waals surface area contributed by atoms with E-state index in [0.717, 1.165) is 36.0 Å². The molecule has 0 spiro atoms. The zero-order chi connectivity index (χ0) is 33.4. The third-order valence-electron chi connectivity index (χ3n) is 9.94. The van der Waals surface area contributed by atoms with Crippen LogP contribution in [0.15, 0.2) is 156 Å². The fraction of sp³-hybridized carbons (Fsp3) is 0.133. The smallest absolute Gasteiger partial charge is 0.164 e.